The molecule has 204 valence electrons. The summed E-state index contributed by atoms with van der Waals surface area (Å²) >= 11 is 0. The maximum Gasteiger partial charge on any atom is 0.0523 e. The lowest BCUT2D eigenvalue weighted by Crippen LogP contribution is -2.32. The second kappa shape index (κ2) is 23.3. The van der Waals surface area contributed by atoms with Crippen molar-refractivity contribution < 1.29 is 0 Å². The van der Waals surface area contributed by atoms with Gasteiger partial charge in [-0.3, -0.25) is 0 Å². The molecule has 1 atom stereocenters. The van der Waals surface area contributed by atoms with Crippen LogP contribution in [-0.4, -0.2) is 0 Å². The van der Waals surface area contributed by atoms with Crippen LogP contribution in [0.25, 0.3) is 5.57 Å². The monoisotopic (exact) mass is 500 g/mol. The summed E-state index contributed by atoms with van der Waals surface area (Å²) in [4.78, 5) is 0. The zero-order valence-corrected chi connectivity index (χ0v) is 24.8. The molecule has 1 aliphatic carbocycles. The first kappa shape index (κ1) is 38.4. The summed E-state index contributed by atoms with van der Waals surface area (Å²) in [5, 5.41) is 0. The molecule has 0 N–H and O–H groups in total. The van der Waals surface area contributed by atoms with Crippen molar-refractivity contribution in [1.29, 1.82) is 0 Å². The number of fused-ring (bicyclic) bond motifs is 1. The van der Waals surface area contributed by atoms with E-state index < -0.39 is 0 Å². The molecule has 0 amide bonds. The van der Waals surface area contributed by atoms with E-state index in [9.17, 15) is 0 Å². The average Bonchev–Trinajstić information content (AvgIpc) is 3.26. The summed E-state index contributed by atoms with van der Waals surface area (Å²) < 4.78 is 0. The van der Waals surface area contributed by atoms with Gasteiger partial charge in [0.2, 0.25) is 0 Å². The molecule has 0 aliphatic heterocycles. The molecular formula is C37H56. The van der Waals surface area contributed by atoms with Crippen molar-refractivity contribution >= 4 is 5.57 Å². The van der Waals surface area contributed by atoms with E-state index in [1.807, 2.05) is 55.4 Å². The summed E-state index contributed by atoms with van der Waals surface area (Å²) in [6, 6.07) is 30.8. The lowest BCUT2D eigenvalue weighted by molar-refractivity contribution is 0.518. The first-order valence-electron chi connectivity index (χ1n) is 13.8. The van der Waals surface area contributed by atoms with Crippen LogP contribution in [0.4, 0.5) is 0 Å². The van der Waals surface area contributed by atoms with Gasteiger partial charge in [0.25, 0.3) is 0 Å². The second-order valence-electron chi connectivity index (χ2n) is 7.02. The maximum absolute atomic E-state index is 3.36. The van der Waals surface area contributed by atoms with Crippen LogP contribution in [-0.2, 0) is 5.41 Å². The average molecular weight is 501 g/mol. The summed E-state index contributed by atoms with van der Waals surface area (Å²) in [5.74, 6) is 0.393. The lowest BCUT2D eigenvalue weighted by atomic mass is 9.65. The Morgan fingerprint density at radius 1 is 0.595 bits per heavy atom. The van der Waals surface area contributed by atoms with Gasteiger partial charge < -0.3 is 0 Å². The Kier molecular flexibility index (Phi) is 24.2. The molecule has 0 spiro atoms. The summed E-state index contributed by atoms with van der Waals surface area (Å²) in [7, 11) is 0. The van der Waals surface area contributed by atoms with E-state index in [0.717, 1.165) is 0 Å². The van der Waals surface area contributed by atoms with Crippen LogP contribution in [0.3, 0.4) is 0 Å². The summed E-state index contributed by atoms with van der Waals surface area (Å²) in [6.07, 6.45) is 5.57. The highest BCUT2D eigenvalue weighted by Gasteiger charge is 2.49. The van der Waals surface area contributed by atoms with Gasteiger partial charge >= 0.3 is 0 Å². The Hall–Kier alpha value is -3.12. The molecule has 1 aliphatic rings. The Morgan fingerprint density at radius 2 is 0.946 bits per heavy atom. The van der Waals surface area contributed by atoms with Crippen molar-refractivity contribution in [2.75, 3.05) is 0 Å². The molecule has 0 radical (unpaired) electrons. The van der Waals surface area contributed by atoms with Crippen molar-refractivity contribution in [2.24, 2.45) is 5.92 Å². The second-order valence-corrected chi connectivity index (χ2v) is 7.02. The van der Waals surface area contributed by atoms with Crippen LogP contribution in [0.1, 0.15) is 98.9 Å². The fraction of sp³-hybridized carbons (Fsp3) is 0.351. The van der Waals surface area contributed by atoms with Crippen molar-refractivity contribution in [3.05, 3.63) is 139 Å². The van der Waals surface area contributed by atoms with Gasteiger partial charge in [0.15, 0.2) is 0 Å². The lowest BCUT2D eigenvalue weighted by Gasteiger charge is -2.36. The fourth-order valence-corrected chi connectivity index (χ4v) is 4.56. The molecule has 0 heteroatoms. The summed E-state index contributed by atoms with van der Waals surface area (Å²) in [6.45, 7) is 27.3. The van der Waals surface area contributed by atoms with Crippen molar-refractivity contribution in [3.63, 3.8) is 0 Å². The topological polar surface area (TPSA) is 0 Å². The third-order valence-corrected chi connectivity index (χ3v) is 5.71. The Bertz CT molecular complexity index is 916. The zero-order chi connectivity index (χ0) is 28.0. The van der Waals surface area contributed by atoms with E-state index in [-0.39, 0.29) is 12.8 Å². The minimum Gasteiger partial charge on any atom is -0.0991 e. The van der Waals surface area contributed by atoms with Crippen LogP contribution >= 0.6 is 0 Å². The molecule has 0 bridgehead atoms. The molecule has 3 aromatic rings. The zero-order valence-electron chi connectivity index (χ0n) is 24.8. The molecule has 0 nitrogen and oxygen atoms in total. The molecule has 3 aromatic carbocycles. The smallest absolute Gasteiger partial charge is 0.0523 e. The van der Waals surface area contributed by atoms with Gasteiger partial charge in [0.05, 0.1) is 5.41 Å². The number of allylic oxidation sites excluding steroid dienone is 4. The van der Waals surface area contributed by atoms with E-state index >= 15 is 0 Å². The van der Waals surface area contributed by atoms with Gasteiger partial charge in [-0.05, 0) is 40.7 Å². The molecule has 0 heterocycles. The van der Waals surface area contributed by atoms with Crippen molar-refractivity contribution in [2.45, 2.75) is 82.1 Å². The Morgan fingerprint density at radius 3 is 1.30 bits per heavy atom. The molecule has 4 rings (SSSR count). The largest absolute Gasteiger partial charge is 0.0991 e. The predicted octanol–water partition coefficient (Wildman–Crippen LogP) is 12.2. The highest BCUT2D eigenvalue weighted by atomic mass is 14.5. The normalized spacial score (nSPS) is 14.2. The first-order chi connectivity index (χ1) is 17.7. The van der Waals surface area contributed by atoms with Crippen LogP contribution in [0.2, 0.25) is 0 Å². The van der Waals surface area contributed by atoms with Gasteiger partial charge in [0, 0.05) is 0 Å². The number of hydrogen-bond donors (Lipinski definition) is 0. The van der Waals surface area contributed by atoms with Crippen molar-refractivity contribution in [1.82, 2.24) is 0 Å². The number of benzene rings is 3. The van der Waals surface area contributed by atoms with Gasteiger partial charge in [-0.25, -0.2) is 0 Å². The van der Waals surface area contributed by atoms with Crippen LogP contribution in [0.15, 0.2) is 116 Å². The standard InChI is InChI=1S/C24H22.C4H6.4C2H6.CH4/c1-3-21-18(2)24(19-12-6-4-7-13-19,20-14-8-5-9-15-20)23-17-11-10-16-22(21)23;1-3-4-2;4*1-2;/h3-18H,1-2H3;3-4H,1-2H2;4*1-2H3;1H4/b21-3+;;;;;;. The van der Waals surface area contributed by atoms with Gasteiger partial charge in [-0.2, -0.15) is 0 Å². The minimum atomic E-state index is -0.124. The third-order valence-electron chi connectivity index (χ3n) is 5.71. The van der Waals surface area contributed by atoms with Gasteiger partial charge in [-0.1, -0.05) is 186 Å². The third kappa shape index (κ3) is 9.04. The minimum absolute atomic E-state index is 0. The highest BCUT2D eigenvalue weighted by molar-refractivity contribution is 5.81. The van der Waals surface area contributed by atoms with Crippen LogP contribution in [0, 0.1) is 5.92 Å². The molecule has 37 heavy (non-hydrogen) atoms. The quantitative estimate of drug-likeness (QED) is 0.314. The fourth-order valence-electron chi connectivity index (χ4n) is 4.56. The maximum atomic E-state index is 3.36. The van der Waals surface area contributed by atoms with Crippen LogP contribution < -0.4 is 0 Å². The van der Waals surface area contributed by atoms with Crippen LogP contribution in [0.5, 0.6) is 0 Å². The molecule has 0 saturated heterocycles. The molecule has 1 unspecified atom stereocenters. The van der Waals surface area contributed by atoms with E-state index in [4.69, 9.17) is 0 Å². The molecular weight excluding hydrogens is 444 g/mol. The summed E-state index contributed by atoms with van der Waals surface area (Å²) in [5.41, 5.74) is 6.86. The van der Waals surface area contributed by atoms with E-state index in [0.29, 0.717) is 5.92 Å². The molecule has 0 aromatic heterocycles. The van der Waals surface area contributed by atoms with Gasteiger partial charge in [0.1, 0.15) is 0 Å². The predicted molar refractivity (Wildman–Crippen MR) is 175 cm³/mol. The number of rotatable bonds is 3. The Balaban J connectivity index is -0.000000776. The van der Waals surface area contributed by atoms with Crippen molar-refractivity contribution in [3.8, 4) is 0 Å². The van der Waals surface area contributed by atoms with E-state index in [2.05, 4.69) is 118 Å². The SMILES string of the molecule is C.C/C=C1/c2ccccc2C(c2ccccc2)(c2ccccc2)C1C.C=CC=C.CC.CC.CC.CC. The van der Waals surface area contributed by atoms with E-state index in [1.165, 1.54) is 27.8 Å². The molecule has 0 saturated carbocycles. The Labute approximate surface area is 231 Å². The highest BCUT2D eigenvalue weighted by Crippen LogP contribution is 2.56. The van der Waals surface area contributed by atoms with E-state index in [1.54, 1.807) is 12.2 Å². The molecule has 0 fully saturated rings. The number of hydrogen-bond acceptors (Lipinski definition) is 0. The van der Waals surface area contributed by atoms with Gasteiger partial charge in [-0.15, -0.1) is 0 Å². The first-order valence-corrected chi connectivity index (χ1v) is 13.8.